The zero-order chi connectivity index (χ0) is 14.9. The molecule has 112 valence electrons. The van der Waals surface area contributed by atoms with Gasteiger partial charge in [-0.1, -0.05) is 6.92 Å². The van der Waals surface area contributed by atoms with Crippen LogP contribution in [-0.2, 0) is 14.3 Å². The highest BCUT2D eigenvalue weighted by Crippen LogP contribution is 2.26. The number of amides is 3. The van der Waals surface area contributed by atoms with Crippen LogP contribution in [-0.4, -0.2) is 71.2 Å². The highest BCUT2D eigenvalue weighted by atomic mass is 16.5. The van der Waals surface area contributed by atoms with Gasteiger partial charge in [-0.3, -0.25) is 4.79 Å². The summed E-state index contributed by atoms with van der Waals surface area (Å²) in [4.78, 5) is 37.8. The third-order valence-corrected chi connectivity index (χ3v) is 3.90. The number of carbonyl (C=O) groups is 3. The first-order valence-corrected chi connectivity index (χ1v) is 6.60. The van der Waals surface area contributed by atoms with Crippen LogP contribution >= 0.6 is 0 Å². The summed E-state index contributed by atoms with van der Waals surface area (Å²) in [7, 11) is 0. The van der Waals surface area contributed by atoms with E-state index in [1.165, 1.54) is 9.80 Å². The topological polar surface area (TPSA) is 113 Å². The highest BCUT2D eigenvalue weighted by Gasteiger charge is 2.43. The molecular formula is C12H19N3O5. The molecule has 0 spiro atoms. The van der Waals surface area contributed by atoms with E-state index >= 15 is 0 Å². The molecule has 0 radical (unpaired) electrons. The average Bonchev–Trinajstić information content (AvgIpc) is 2.79. The lowest BCUT2D eigenvalue weighted by molar-refractivity contribution is -0.142. The first kappa shape index (κ1) is 14.6. The first-order valence-electron chi connectivity index (χ1n) is 6.60. The number of aliphatic carboxylic acids is 1. The van der Waals surface area contributed by atoms with E-state index in [9.17, 15) is 19.5 Å². The van der Waals surface area contributed by atoms with E-state index in [0.717, 1.165) is 0 Å². The molecule has 2 heterocycles. The largest absolute Gasteiger partial charge is 0.480 e. The zero-order valence-corrected chi connectivity index (χ0v) is 11.3. The molecule has 0 saturated carbocycles. The summed E-state index contributed by atoms with van der Waals surface area (Å²) in [5.74, 6) is -1.77. The van der Waals surface area contributed by atoms with Gasteiger partial charge in [-0.05, 0) is 12.3 Å². The second kappa shape index (κ2) is 5.66. The molecule has 20 heavy (non-hydrogen) atoms. The third kappa shape index (κ3) is 2.55. The predicted molar refractivity (Wildman–Crippen MR) is 67.8 cm³/mol. The maximum absolute atomic E-state index is 12.5. The van der Waals surface area contributed by atoms with Crippen molar-refractivity contribution in [1.82, 2.24) is 9.80 Å². The molecule has 0 aliphatic carbocycles. The van der Waals surface area contributed by atoms with Crippen molar-refractivity contribution in [3.8, 4) is 0 Å². The molecule has 8 heteroatoms. The summed E-state index contributed by atoms with van der Waals surface area (Å²) < 4.78 is 5.15. The molecule has 0 aromatic heterocycles. The Labute approximate surface area is 116 Å². The first-order chi connectivity index (χ1) is 9.43. The van der Waals surface area contributed by atoms with Crippen LogP contribution < -0.4 is 5.73 Å². The van der Waals surface area contributed by atoms with Gasteiger partial charge in [0.25, 0.3) is 0 Å². The normalized spacial score (nSPS) is 30.4. The number of carboxylic acid groups (broad SMARTS) is 1. The summed E-state index contributed by atoms with van der Waals surface area (Å²) >= 11 is 0. The monoisotopic (exact) mass is 285 g/mol. The zero-order valence-electron chi connectivity index (χ0n) is 11.3. The van der Waals surface area contributed by atoms with Gasteiger partial charge in [-0.25, -0.2) is 9.59 Å². The fraction of sp³-hybridized carbons (Fsp3) is 0.750. The van der Waals surface area contributed by atoms with Gasteiger partial charge in [-0.15, -0.1) is 0 Å². The molecule has 2 fully saturated rings. The predicted octanol–water partition coefficient (Wildman–Crippen LogP) is -0.912. The molecule has 3 atom stereocenters. The Morgan fingerprint density at radius 2 is 1.95 bits per heavy atom. The Balaban J connectivity index is 2.17. The number of primary amides is 1. The SMILES string of the molecule is CC1CCN(C(=O)N2CCOCC2C(N)=O)C1C(=O)O. The summed E-state index contributed by atoms with van der Waals surface area (Å²) in [5.41, 5.74) is 5.27. The van der Waals surface area contributed by atoms with Crippen molar-refractivity contribution < 1.29 is 24.2 Å². The van der Waals surface area contributed by atoms with Crippen LogP contribution in [0.5, 0.6) is 0 Å². The number of nitrogens with two attached hydrogens (primary N) is 1. The van der Waals surface area contributed by atoms with Crippen molar-refractivity contribution in [1.29, 1.82) is 0 Å². The maximum Gasteiger partial charge on any atom is 0.326 e. The summed E-state index contributed by atoms with van der Waals surface area (Å²) in [6, 6.07) is -2.13. The number of carbonyl (C=O) groups excluding carboxylic acids is 2. The summed E-state index contributed by atoms with van der Waals surface area (Å²) in [6.45, 7) is 2.79. The van der Waals surface area contributed by atoms with Crippen LogP contribution in [0.25, 0.3) is 0 Å². The molecule has 3 unspecified atom stereocenters. The van der Waals surface area contributed by atoms with Gasteiger partial charge in [0.05, 0.1) is 13.2 Å². The van der Waals surface area contributed by atoms with Gasteiger partial charge in [-0.2, -0.15) is 0 Å². The van der Waals surface area contributed by atoms with Crippen molar-refractivity contribution in [2.75, 3.05) is 26.3 Å². The third-order valence-electron chi connectivity index (χ3n) is 3.90. The lowest BCUT2D eigenvalue weighted by Gasteiger charge is -2.37. The quantitative estimate of drug-likeness (QED) is 0.681. The molecule has 3 N–H and O–H groups in total. The van der Waals surface area contributed by atoms with Crippen LogP contribution in [0.3, 0.4) is 0 Å². The molecule has 0 bridgehead atoms. The van der Waals surface area contributed by atoms with Gasteiger partial charge < -0.3 is 25.4 Å². The van der Waals surface area contributed by atoms with E-state index in [2.05, 4.69) is 0 Å². The number of hydrogen-bond donors (Lipinski definition) is 2. The molecule has 0 aromatic carbocycles. The minimum atomic E-state index is -1.02. The Hall–Kier alpha value is -1.83. The van der Waals surface area contributed by atoms with Crippen LogP contribution in [0.2, 0.25) is 0 Å². The van der Waals surface area contributed by atoms with Gasteiger partial charge in [0, 0.05) is 13.1 Å². The van der Waals surface area contributed by atoms with Crippen molar-refractivity contribution in [2.24, 2.45) is 11.7 Å². The average molecular weight is 285 g/mol. The highest BCUT2D eigenvalue weighted by molar-refractivity contribution is 5.88. The molecular weight excluding hydrogens is 266 g/mol. The summed E-state index contributed by atoms with van der Waals surface area (Å²) in [5, 5.41) is 9.25. The molecule has 3 amide bonds. The fourth-order valence-electron chi connectivity index (χ4n) is 2.77. The van der Waals surface area contributed by atoms with Crippen molar-refractivity contribution in [3.63, 3.8) is 0 Å². The molecule has 8 nitrogen and oxygen atoms in total. The maximum atomic E-state index is 12.5. The lowest BCUT2D eigenvalue weighted by Crippen LogP contribution is -2.59. The standard InChI is InChI=1S/C12H19N3O5/c1-7-2-3-15(9(7)11(17)18)12(19)14-4-5-20-6-8(14)10(13)16/h7-9H,2-6H2,1H3,(H2,13,16)(H,17,18). The van der Waals surface area contributed by atoms with E-state index in [0.29, 0.717) is 19.6 Å². The number of urea groups is 1. The molecule has 2 rings (SSSR count). The number of rotatable bonds is 2. The van der Waals surface area contributed by atoms with Crippen LogP contribution in [0, 0.1) is 5.92 Å². The van der Waals surface area contributed by atoms with Crippen molar-refractivity contribution >= 4 is 17.9 Å². The van der Waals surface area contributed by atoms with E-state index in [-0.39, 0.29) is 19.1 Å². The number of hydrogen-bond acceptors (Lipinski definition) is 4. The van der Waals surface area contributed by atoms with E-state index in [1.807, 2.05) is 0 Å². The lowest BCUT2D eigenvalue weighted by atomic mass is 10.0. The van der Waals surface area contributed by atoms with Crippen molar-refractivity contribution in [3.05, 3.63) is 0 Å². The Kier molecular flexibility index (Phi) is 4.12. The number of carboxylic acids is 1. The molecule has 2 aliphatic heterocycles. The van der Waals surface area contributed by atoms with E-state index in [1.54, 1.807) is 6.92 Å². The Morgan fingerprint density at radius 1 is 1.25 bits per heavy atom. The van der Waals surface area contributed by atoms with Crippen LogP contribution in [0.15, 0.2) is 0 Å². The Morgan fingerprint density at radius 3 is 2.55 bits per heavy atom. The van der Waals surface area contributed by atoms with Crippen molar-refractivity contribution in [2.45, 2.75) is 25.4 Å². The molecule has 0 aromatic rings. The number of nitrogens with zero attached hydrogens (tertiary/aromatic N) is 2. The number of ether oxygens (including phenoxy) is 1. The second-order valence-corrected chi connectivity index (χ2v) is 5.21. The van der Waals surface area contributed by atoms with Crippen LogP contribution in [0.4, 0.5) is 4.79 Å². The van der Waals surface area contributed by atoms with Gasteiger partial charge >= 0.3 is 12.0 Å². The van der Waals surface area contributed by atoms with Crippen LogP contribution in [0.1, 0.15) is 13.3 Å². The fourth-order valence-corrected chi connectivity index (χ4v) is 2.77. The van der Waals surface area contributed by atoms with Gasteiger partial charge in [0.2, 0.25) is 5.91 Å². The minimum Gasteiger partial charge on any atom is -0.480 e. The van der Waals surface area contributed by atoms with Gasteiger partial charge in [0.1, 0.15) is 12.1 Å². The van der Waals surface area contributed by atoms with E-state index < -0.39 is 30.0 Å². The molecule has 2 saturated heterocycles. The molecule has 2 aliphatic rings. The number of morpholine rings is 1. The second-order valence-electron chi connectivity index (χ2n) is 5.21. The van der Waals surface area contributed by atoms with E-state index in [4.69, 9.17) is 10.5 Å². The summed E-state index contributed by atoms with van der Waals surface area (Å²) in [6.07, 6.45) is 0.633. The Bertz CT molecular complexity index is 421. The number of likely N-dealkylation sites (tertiary alicyclic amines) is 1. The minimum absolute atomic E-state index is 0.0577. The smallest absolute Gasteiger partial charge is 0.326 e. The van der Waals surface area contributed by atoms with Gasteiger partial charge in [0.15, 0.2) is 0 Å².